The highest BCUT2D eigenvalue weighted by molar-refractivity contribution is 6.05. The molecule has 8 heteroatoms. The summed E-state index contributed by atoms with van der Waals surface area (Å²) in [5.74, 6) is 0.374. The number of furan rings is 1. The van der Waals surface area contributed by atoms with Crippen LogP contribution in [0.4, 0.5) is 17.1 Å². The second-order valence-electron chi connectivity index (χ2n) is 7.65. The van der Waals surface area contributed by atoms with E-state index in [9.17, 15) is 14.9 Å². The molecule has 0 bridgehead atoms. The van der Waals surface area contributed by atoms with Crippen LogP contribution in [0.1, 0.15) is 16.1 Å². The fourth-order valence-electron chi connectivity index (χ4n) is 3.70. The van der Waals surface area contributed by atoms with E-state index in [0.717, 1.165) is 31.9 Å². The Morgan fingerprint density at radius 1 is 1.06 bits per heavy atom. The number of aryl methyl sites for hydroxylation is 1. The fraction of sp³-hybridized carbons (Fsp3) is 0.261. The Morgan fingerprint density at radius 3 is 2.42 bits per heavy atom. The molecule has 0 saturated carbocycles. The van der Waals surface area contributed by atoms with E-state index >= 15 is 0 Å². The number of piperazine rings is 1. The van der Waals surface area contributed by atoms with Gasteiger partial charge >= 0.3 is 0 Å². The Morgan fingerprint density at radius 2 is 1.74 bits per heavy atom. The zero-order valence-corrected chi connectivity index (χ0v) is 17.5. The lowest BCUT2D eigenvalue weighted by atomic mass is 10.1. The van der Waals surface area contributed by atoms with Gasteiger partial charge in [-0.3, -0.25) is 14.9 Å². The molecule has 0 aliphatic carbocycles. The first-order valence-electron chi connectivity index (χ1n) is 10.1. The molecule has 1 N–H and O–H groups in total. The lowest BCUT2D eigenvalue weighted by Crippen LogP contribution is -2.44. The number of likely N-dealkylation sites (N-methyl/N-ethyl adjacent to an activating group) is 1. The van der Waals surface area contributed by atoms with Crippen LogP contribution in [0.3, 0.4) is 0 Å². The molecule has 0 radical (unpaired) electrons. The fourth-order valence-corrected chi connectivity index (χ4v) is 3.70. The number of carbonyl (C=O) groups is 1. The number of nitrogens with zero attached hydrogens (tertiary/aromatic N) is 3. The quantitative estimate of drug-likeness (QED) is 0.492. The smallest absolute Gasteiger partial charge is 0.280 e. The van der Waals surface area contributed by atoms with E-state index in [1.54, 1.807) is 31.2 Å². The van der Waals surface area contributed by atoms with E-state index in [0.29, 0.717) is 28.3 Å². The lowest BCUT2D eigenvalue weighted by molar-refractivity contribution is -0.384. The Kier molecular flexibility index (Phi) is 5.73. The molecule has 1 saturated heterocycles. The van der Waals surface area contributed by atoms with Crippen molar-refractivity contribution in [3.63, 3.8) is 0 Å². The molecule has 1 aromatic heterocycles. The van der Waals surface area contributed by atoms with Gasteiger partial charge in [-0.25, -0.2) is 0 Å². The van der Waals surface area contributed by atoms with E-state index in [1.807, 2.05) is 24.3 Å². The van der Waals surface area contributed by atoms with Crippen molar-refractivity contribution in [2.45, 2.75) is 6.92 Å². The first-order valence-corrected chi connectivity index (χ1v) is 10.1. The maximum absolute atomic E-state index is 12.8. The maximum atomic E-state index is 12.8. The van der Waals surface area contributed by atoms with Gasteiger partial charge in [0.05, 0.1) is 16.1 Å². The van der Waals surface area contributed by atoms with Crippen LogP contribution in [0.5, 0.6) is 0 Å². The molecule has 4 rings (SSSR count). The van der Waals surface area contributed by atoms with Gasteiger partial charge < -0.3 is 19.5 Å². The third-order valence-corrected chi connectivity index (χ3v) is 5.52. The summed E-state index contributed by atoms with van der Waals surface area (Å²) in [6.45, 7) is 5.68. The summed E-state index contributed by atoms with van der Waals surface area (Å²) >= 11 is 0. The summed E-state index contributed by atoms with van der Waals surface area (Å²) in [5.41, 5.74) is 2.42. The minimum absolute atomic E-state index is 0.0669. The Bertz CT molecular complexity index is 1100. The maximum Gasteiger partial charge on any atom is 0.280 e. The van der Waals surface area contributed by atoms with E-state index < -0.39 is 4.92 Å². The molecule has 2 aromatic carbocycles. The second kappa shape index (κ2) is 8.61. The van der Waals surface area contributed by atoms with Gasteiger partial charge in [-0.05, 0) is 50.4 Å². The first kappa shape index (κ1) is 20.6. The van der Waals surface area contributed by atoms with Crippen molar-refractivity contribution in [2.75, 3.05) is 43.4 Å². The minimum atomic E-state index is -0.463. The molecule has 0 unspecified atom stereocenters. The molecule has 31 heavy (non-hydrogen) atoms. The summed E-state index contributed by atoms with van der Waals surface area (Å²) in [6, 6.07) is 15.6. The average molecular weight is 420 g/mol. The predicted octanol–water partition coefficient (Wildman–Crippen LogP) is 4.17. The van der Waals surface area contributed by atoms with E-state index in [-0.39, 0.29) is 11.6 Å². The molecule has 1 fully saturated rings. The molecule has 1 amide bonds. The molecule has 0 atom stereocenters. The summed E-state index contributed by atoms with van der Waals surface area (Å²) in [6.07, 6.45) is 0. The van der Waals surface area contributed by atoms with Crippen molar-refractivity contribution < 1.29 is 14.1 Å². The SMILES string of the molecule is Cc1oc(-c2ccccc2[N+](=O)[O-])cc1C(=O)Nc1ccc(N2CCN(C)CC2)cc1. The van der Waals surface area contributed by atoms with Crippen LogP contribution < -0.4 is 10.2 Å². The average Bonchev–Trinajstić information content (AvgIpc) is 3.16. The van der Waals surface area contributed by atoms with Gasteiger partial charge in [-0.2, -0.15) is 0 Å². The van der Waals surface area contributed by atoms with E-state index in [1.165, 1.54) is 6.07 Å². The van der Waals surface area contributed by atoms with Crippen LogP contribution in [-0.2, 0) is 0 Å². The van der Waals surface area contributed by atoms with Crippen LogP contribution >= 0.6 is 0 Å². The number of rotatable bonds is 5. The van der Waals surface area contributed by atoms with Crippen molar-refractivity contribution in [2.24, 2.45) is 0 Å². The number of nitrogens with one attached hydrogen (secondary N) is 1. The van der Waals surface area contributed by atoms with Gasteiger partial charge in [-0.1, -0.05) is 12.1 Å². The van der Waals surface area contributed by atoms with Gasteiger partial charge in [0.1, 0.15) is 11.5 Å². The van der Waals surface area contributed by atoms with Crippen LogP contribution in [0.25, 0.3) is 11.3 Å². The normalized spacial score (nSPS) is 14.5. The molecular weight excluding hydrogens is 396 g/mol. The van der Waals surface area contributed by atoms with Gasteiger partial charge in [0.2, 0.25) is 0 Å². The predicted molar refractivity (Wildman–Crippen MR) is 120 cm³/mol. The number of hydrogen-bond donors (Lipinski definition) is 1. The number of amides is 1. The van der Waals surface area contributed by atoms with Crippen molar-refractivity contribution >= 4 is 23.0 Å². The highest BCUT2D eigenvalue weighted by Crippen LogP contribution is 2.32. The summed E-state index contributed by atoms with van der Waals surface area (Å²) in [4.78, 5) is 28.3. The number of para-hydroxylation sites is 1. The number of anilines is 2. The monoisotopic (exact) mass is 420 g/mol. The summed E-state index contributed by atoms with van der Waals surface area (Å²) in [7, 11) is 2.12. The third kappa shape index (κ3) is 4.44. The number of benzene rings is 2. The summed E-state index contributed by atoms with van der Waals surface area (Å²) < 4.78 is 5.68. The Labute approximate surface area is 180 Å². The Hall–Kier alpha value is -3.65. The van der Waals surface area contributed by atoms with Gasteiger partial charge in [0, 0.05) is 43.6 Å². The van der Waals surface area contributed by atoms with Crippen LogP contribution in [-0.4, -0.2) is 49.0 Å². The topological polar surface area (TPSA) is 91.9 Å². The summed E-state index contributed by atoms with van der Waals surface area (Å²) in [5, 5.41) is 14.2. The number of hydrogen-bond acceptors (Lipinski definition) is 6. The lowest BCUT2D eigenvalue weighted by Gasteiger charge is -2.34. The zero-order valence-electron chi connectivity index (χ0n) is 17.5. The molecule has 3 aromatic rings. The molecule has 2 heterocycles. The molecule has 0 spiro atoms. The Balaban J connectivity index is 1.49. The standard InChI is InChI=1S/C23H24N4O4/c1-16-20(15-22(31-16)19-5-3-4-6-21(19)27(29)30)23(28)24-17-7-9-18(10-8-17)26-13-11-25(2)12-14-26/h3-10,15H,11-14H2,1-2H3,(H,24,28). The minimum Gasteiger partial charge on any atom is -0.460 e. The number of nitro groups is 1. The van der Waals surface area contributed by atoms with Gasteiger partial charge in [0.25, 0.3) is 11.6 Å². The first-order chi connectivity index (χ1) is 14.9. The van der Waals surface area contributed by atoms with Gasteiger partial charge in [-0.15, -0.1) is 0 Å². The van der Waals surface area contributed by atoms with Crippen molar-refractivity contribution in [1.82, 2.24) is 4.90 Å². The van der Waals surface area contributed by atoms with Crippen molar-refractivity contribution in [1.29, 1.82) is 0 Å². The molecular formula is C23H24N4O4. The molecule has 1 aliphatic heterocycles. The van der Waals surface area contributed by atoms with Crippen LogP contribution in [0.15, 0.2) is 59.0 Å². The highest BCUT2D eigenvalue weighted by Gasteiger charge is 2.22. The van der Waals surface area contributed by atoms with Gasteiger partial charge in [0.15, 0.2) is 0 Å². The third-order valence-electron chi connectivity index (χ3n) is 5.52. The van der Waals surface area contributed by atoms with Crippen LogP contribution in [0, 0.1) is 17.0 Å². The largest absolute Gasteiger partial charge is 0.460 e. The van der Waals surface area contributed by atoms with E-state index in [4.69, 9.17) is 4.42 Å². The zero-order chi connectivity index (χ0) is 22.0. The molecule has 160 valence electrons. The van der Waals surface area contributed by atoms with Crippen molar-refractivity contribution in [3.8, 4) is 11.3 Å². The molecule has 1 aliphatic rings. The number of carbonyl (C=O) groups excluding carboxylic acids is 1. The second-order valence-corrected chi connectivity index (χ2v) is 7.65. The number of nitro benzene ring substituents is 1. The molecule has 8 nitrogen and oxygen atoms in total. The highest BCUT2D eigenvalue weighted by atomic mass is 16.6. The van der Waals surface area contributed by atoms with Crippen molar-refractivity contribution in [3.05, 3.63) is 76.0 Å². The van der Waals surface area contributed by atoms with E-state index in [2.05, 4.69) is 22.2 Å². The van der Waals surface area contributed by atoms with Crippen LogP contribution in [0.2, 0.25) is 0 Å².